The SMILES string of the molecule is COC(=O)c1cc(-c2ccoc2)nc2ccc3nn(-c4cccc(F)c4)nc3c12. The quantitative estimate of drug-likeness (QED) is 0.432. The van der Waals surface area contributed by atoms with E-state index in [0.717, 1.165) is 5.56 Å². The first kappa shape index (κ1) is 17.1. The van der Waals surface area contributed by atoms with Gasteiger partial charge in [-0.3, -0.25) is 0 Å². The van der Waals surface area contributed by atoms with Gasteiger partial charge in [0.15, 0.2) is 0 Å². The number of halogens is 1. The van der Waals surface area contributed by atoms with Crippen molar-refractivity contribution in [2.24, 2.45) is 0 Å². The molecule has 2 aromatic carbocycles. The van der Waals surface area contributed by atoms with Crippen LogP contribution in [0.25, 0.3) is 38.9 Å². The van der Waals surface area contributed by atoms with Crippen LogP contribution >= 0.6 is 0 Å². The van der Waals surface area contributed by atoms with Crippen LogP contribution in [0.2, 0.25) is 0 Å². The second-order valence-corrected chi connectivity index (χ2v) is 6.36. The maximum absolute atomic E-state index is 13.6. The molecule has 8 heteroatoms. The number of ether oxygens (including phenoxy) is 1. The summed E-state index contributed by atoms with van der Waals surface area (Å²) in [5.74, 6) is -0.912. The summed E-state index contributed by atoms with van der Waals surface area (Å²) in [5, 5.41) is 9.43. The summed E-state index contributed by atoms with van der Waals surface area (Å²) in [7, 11) is 1.32. The van der Waals surface area contributed by atoms with Crippen molar-refractivity contribution in [1.29, 1.82) is 0 Å². The van der Waals surface area contributed by atoms with Crippen molar-refractivity contribution in [3.63, 3.8) is 0 Å². The Morgan fingerprint density at radius 1 is 1.10 bits per heavy atom. The number of benzene rings is 2. The summed E-state index contributed by atoms with van der Waals surface area (Å²) in [6.07, 6.45) is 3.08. The highest BCUT2D eigenvalue weighted by Gasteiger charge is 2.20. The minimum Gasteiger partial charge on any atom is -0.472 e. The Balaban J connectivity index is 1.80. The number of methoxy groups -OCH3 is 1. The number of nitrogens with zero attached hydrogens (tertiary/aromatic N) is 4. The van der Waals surface area contributed by atoms with E-state index < -0.39 is 11.8 Å². The molecule has 3 aromatic heterocycles. The van der Waals surface area contributed by atoms with E-state index in [0.29, 0.717) is 38.9 Å². The van der Waals surface area contributed by atoms with Crippen molar-refractivity contribution in [2.75, 3.05) is 7.11 Å². The Hall–Kier alpha value is -4.07. The molecule has 0 radical (unpaired) electrons. The van der Waals surface area contributed by atoms with E-state index in [1.807, 2.05) is 0 Å². The molecule has 0 atom stereocenters. The molecule has 3 heterocycles. The summed E-state index contributed by atoms with van der Waals surface area (Å²) in [4.78, 5) is 18.5. The predicted molar refractivity (Wildman–Crippen MR) is 103 cm³/mol. The van der Waals surface area contributed by atoms with Crippen molar-refractivity contribution in [3.8, 4) is 16.9 Å². The second-order valence-electron chi connectivity index (χ2n) is 6.36. The molecule has 0 aliphatic carbocycles. The van der Waals surface area contributed by atoms with Crippen LogP contribution in [0.1, 0.15) is 10.4 Å². The van der Waals surface area contributed by atoms with E-state index >= 15 is 0 Å². The van der Waals surface area contributed by atoms with Gasteiger partial charge in [-0.15, -0.1) is 10.2 Å². The maximum atomic E-state index is 13.6. The maximum Gasteiger partial charge on any atom is 0.338 e. The number of esters is 1. The molecule has 5 aromatic rings. The zero-order chi connectivity index (χ0) is 20.0. The van der Waals surface area contributed by atoms with E-state index in [1.165, 1.54) is 30.3 Å². The number of fused-ring (bicyclic) bond motifs is 3. The lowest BCUT2D eigenvalue weighted by Crippen LogP contribution is -2.04. The van der Waals surface area contributed by atoms with Crippen molar-refractivity contribution < 1.29 is 18.3 Å². The first-order chi connectivity index (χ1) is 14.1. The molecule has 29 heavy (non-hydrogen) atoms. The van der Waals surface area contributed by atoms with Crippen LogP contribution in [0.15, 0.2) is 65.5 Å². The lowest BCUT2D eigenvalue weighted by Gasteiger charge is -2.07. The molecular formula is C21H13FN4O3. The van der Waals surface area contributed by atoms with Crippen LogP contribution in [0.3, 0.4) is 0 Å². The molecule has 0 aliphatic heterocycles. The lowest BCUT2D eigenvalue weighted by molar-refractivity contribution is 0.0603. The highest BCUT2D eigenvalue weighted by atomic mass is 19.1. The third-order valence-corrected chi connectivity index (χ3v) is 4.58. The van der Waals surface area contributed by atoms with Gasteiger partial charge < -0.3 is 9.15 Å². The van der Waals surface area contributed by atoms with Gasteiger partial charge in [-0.25, -0.2) is 14.2 Å². The Morgan fingerprint density at radius 2 is 1.97 bits per heavy atom. The Morgan fingerprint density at radius 3 is 2.72 bits per heavy atom. The summed E-state index contributed by atoms with van der Waals surface area (Å²) in [5.41, 5.74) is 3.66. The first-order valence-electron chi connectivity index (χ1n) is 8.72. The molecule has 0 N–H and O–H groups in total. The lowest BCUT2D eigenvalue weighted by atomic mass is 10.0. The van der Waals surface area contributed by atoms with Crippen LogP contribution in [-0.2, 0) is 4.74 Å². The van der Waals surface area contributed by atoms with Gasteiger partial charge in [-0.2, -0.15) is 4.80 Å². The average molecular weight is 388 g/mol. The number of carbonyl (C=O) groups excluding carboxylic acids is 1. The van der Waals surface area contributed by atoms with Crippen LogP contribution in [-0.4, -0.2) is 33.1 Å². The third-order valence-electron chi connectivity index (χ3n) is 4.58. The zero-order valence-electron chi connectivity index (χ0n) is 15.2. The van der Waals surface area contributed by atoms with E-state index in [-0.39, 0.29) is 0 Å². The molecule has 142 valence electrons. The van der Waals surface area contributed by atoms with Gasteiger partial charge in [0.1, 0.15) is 16.9 Å². The number of pyridine rings is 1. The Bertz CT molecular complexity index is 1380. The standard InChI is InChI=1S/C21H13FN4O3/c1-28-21(27)15-10-18(12-7-8-29-11-12)23-16-5-6-17-20(19(15)16)25-26(24-17)14-4-2-3-13(22)9-14/h2-11H,1H3. The minimum atomic E-state index is -0.519. The molecule has 0 saturated heterocycles. The molecule has 7 nitrogen and oxygen atoms in total. The first-order valence-corrected chi connectivity index (χ1v) is 8.72. The van der Waals surface area contributed by atoms with Gasteiger partial charge in [-0.05, 0) is 36.4 Å². The van der Waals surface area contributed by atoms with E-state index in [9.17, 15) is 9.18 Å². The van der Waals surface area contributed by atoms with Crippen LogP contribution in [0, 0.1) is 5.82 Å². The Labute approximate surface area is 163 Å². The number of hydrogen-bond acceptors (Lipinski definition) is 6. The number of carbonyl (C=O) groups is 1. The topological polar surface area (TPSA) is 83.0 Å². The molecule has 0 unspecified atom stereocenters. The molecule has 0 amide bonds. The van der Waals surface area contributed by atoms with Crippen LogP contribution in [0.5, 0.6) is 0 Å². The molecule has 0 bridgehead atoms. The van der Waals surface area contributed by atoms with Crippen LogP contribution in [0.4, 0.5) is 4.39 Å². The van der Waals surface area contributed by atoms with E-state index in [2.05, 4.69) is 15.2 Å². The number of rotatable bonds is 3. The van der Waals surface area contributed by atoms with E-state index in [1.54, 1.807) is 42.7 Å². The minimum absolute atomic E-state index is 0.311. The highest BCUT2D eigenvalue weighted by Crippen LogP contribution is 2.30. The fraction of sp³-hybridized carbons (Fsp3) is 0.0476. The summed E-state index contributed by atoms with van der Waals surface area (Å²) < 4.78 is 23.7. The molecular weight excluding hydrogens is 375 g/mol. The normalized spacial score (nSPS) is 11.2. The monoisotopic (exact) mass is 388 g/mol. The molecule has 0 spiro atoms. The molecule has 0 saturated carbocycles. The molecule has 0 fully saturated rings. The predicted octanol–water partition coefficient (Wildman–Crippen LogP) is 4.15. The summed E-state index contributed by atoms with van der Waals surface area (Å²) in [6.45, 7) is 0. The molecule has 0 aliphatic rings. The van der Waals surface area contributed by atoms with Crippen molar-refractivity contribution in [1.82, 2.24) is 20.0 Å². The fourth-order valence-electron chi connectivity index (χ4n) is 3.25. The van der Waals surface area contributed by atoms with Gasteiger partial charge in [0.2, 0.25) is 0 Å². The summed E-state index contributed by atoms with van der Waals surface area (Å²) >= 11 is 0. The van der Waals surface area contributed by atoms with Crippen molar-refractivity contribution in [2.45, 2.75) is 0 Å². The van der Waals surface area contributed by atoms with E-state index in [4.69, 9.17) is 9.15 Å². The smallest absolute Gasteiger partial charge is 0.338 e. The Kier molecular flexibility index (Phi) is 3.83. The third kappa shape index (κ3) is 2.82. The number of aromatic nitrogens is 4. The van der Waals surface area contributed by atoms with Gasteiger partial charge in [0.25, 0.3) is 0 Å². The number of hydrogen-bond donors (Lipinski definition) is 0. The van der Waals surface area contributed by atoms with Crippen molar-refractivity contribution in [3.05, 3.63) is 72.4 Å². The zero-order valence-corrected chi connectivity index (χ0v) is 15.2. The fourth-order valence-corrected chi connectivity index (χ4v) is 3.25. The van der Waals surface area contributed by atoms with Crippen molar-refractivity contribution >= 4 is 27.9 Å². The van der Waals surface area contributed by atoms with Gasteiger partial charge in [-0.1, -0.05) is 6.07 Å². The van der Waals surface area contributed by atoms with Gasteiger partial charge in [0.05, 0.1) is 42.1 Å². The van der Waals surface area contributed by atoms with Gasteiger partial charge in [0, 0.05) is 17.0 Å². The number of furan rings is 1. The van der Waals surface area contributed by atoms with Gasteiger partial charge >= 0.3 is 5.97 Å². The largest absolute Gasteiger partial charge is 0.472 e. The molecule has 5 rings (SSSR count). The second kappa shape index (κ2) is 6.52. The highest BCUT2D eigenvalue weighted by molar-refractivity contribution is 6.14. The van der Waals surface area contributed by atoms with Crippen LogP contribution < -0.4 is 0 Å². The summed E-state index contributed by atoms with van der Waals surface area (Å²) in [6, 6.07) is 12.9. The average Bonchev–Trinajstić information content (AvgIpc) is 3.42.